The summed E-state index contributed by atoms with van der Waals surface area (Å²) in [6.07, 6.45) is -2.72. The van der Waals surface area contributed by atoms with Crippen LogP contribution in [0.1, 0.15) is 58.3 Å². The van der Waals surface area contributed by atoms with Gasteiger partial charge in [0.2, 0.25) is 0 Å². The first kappa shape index (κ1) is 30.6. The fourth-order valence-corrected chi connectivity index (χ4v) is 3.09. The molecule has 0 bridgehead atoms. The molecule has 0 amide bonds. The molecule has 0 radical (unpaired) electrons. The van der Waals surface area contributed by atoms with Gasteiger partial charge in [0.1, 0.15) is 24.4 Å². The molecule has 188 valence electrons. The number of rotatable bonds is 21. The zero-order chi connectivity index (χ0) is 23.6. The summed E-state index contributed by atoms with van der Waals surface area (Å²) in [6.45, 7) is 2.24. The van der Waals surface area contributed by atoms with E-state index in [1.54, 1.807) is 0 Å². The third-order valence-corrected chi connectivity index (χ3v) is 5.15. The summed E-state index contributed by atoms with van der Waals surface area (Å²) in [5, 5.41) is 74.8. The maximum atomic E-state index is 9.77. The summed E-state index contributed by atoms with van der Waals surface area (Å²) in [7, 11) is 0. The van der Waals surface area contributed by atoms with E-state index in [9.17, 15) is 30.6 Å². The van der Waals surface area contributed by atoms with Crippen molar-refractivity contribution in [1.82, 2.24) is 0 Å². The summed E-state index contributed by atoms with van der Waals surface area (Å²) in [4.78, 5) is 0. The Morgan fingerprint density at radius 2 is 1.10 bits per heavy atom. The monoisotopic (exact) mass is 456 g/mol. The summed E-state index contributed by atoms with van der Waals surface area (Å²) >= 11 is 0. The number of hydrogen-bond donors (Lipinski definition) is 8. The summed E-state index contributed by atoms with van der Waals surface area (Å²) in [6, 6.07) is 0. The maximum Gasteiger partial charge on any atom is 0.108 e. The van der Waals surface area contributed by atoms with E-state index in [0.29, 0.717) is 58.3 Å². The van der Waals surface area contributed by atoms with Gasteiger partial charge in [-0.25, -0.2) is 0 Å². The second-order valence-corrected chi connectivity index (χ2v) is 7.96. The topological polar surface area (TPSA) is 180 Å². The third kappa shape index (κ3) is 14.4. The van der Waals surface area contributed by atoms with E-state index in [-0.39, 0.29) is 6.10 Å². The first-order valence-electron chi connectivity index (χ1n) is 11.3. The lowest BCUT2D eigenvalue weighted by Gasteiger charge is -2.22. The largest absolute Gasteiger partial charge is 0.394 e. The van der Waals surface area contributed by atoms with Crippen LogP contribution in [0, 0.1) is 0 Å². The van der Waals surface area contributed by atoms with Gasteiger partial charge in [-0.1, -0.05) is 13.3 Å². The Morgan fingerprint density at radius 3 is 1.55 bits per heavy atom. The van der Waals surface area contributed by atoms with E-state index in [4.69, 9.17) is 19.7 Å². The fraction of sp³-hybridized carbons (Fsp3) is 1.00. The molecule has 0 aromatic heterocycles. The predicted molar refractivity (Wildman–Crippen MR) is 113 cm³/mol. The van der Waals surface area contributed by atoms with Crippen LogP contribution < -0.4 is 0 Å². The first-order valence-corrected chi connectivity index (χ1v) is 11.3. The van der Waals surface area contributed by atoms with Gasteiger partial charge < -0.3 is 50.3 Å². The van der Waals surface area contributed by atoms with Crippen molar-refractivity contribution in [2.75, 3.05) is 33.0 Å². The molecule has 10 heteroatoms. The van der Waals surface area contributed by atoms with Crippen molar-refractivity contribution < 1.29 is 50.3 Å². The molecule has 31 heavy (non-hydrogen) atoms. The minimum atomic E-state index is -1.36. The van der Waals surface area contributed by atoms with Crippen LogP contribution in [0.2, 0.25) is 0 Å². The molecule has 0 aromatic rings. The molecule has 0 heterocycles. The second kappa shape index (κ2) is 19.1. The first-order chi connectivity index (χ1) is 14.8. The molecule has 0 aromatic carbocycles. The average molecular weight is 457 g/mol. The molecule has 10 nitrogen and oxygen atoms in total. The zero-order valence-corrected chi connectivity index (χ0v) is 18.6. The van der Waals surface area contributed by atoms with Crippen LogP contribution >= 0.6 is 0 Å². The highest BCUT2D eigenvalue weighted by Gasteiger charge is 2.24. The van der Waals surface area contributed by atoms with Gasteiger partial charge in [0, 0.05) is 13.2 Å². The molecule has 0 rings (SSSR count). The van der Waals surface area contributed by atoms with Gasteiger partial charge in [-0.3, -0.25) is 0 Å². The van der Waals surface area contributed by atoms with Crippen LogP contribution in [0.3, 0.4) is 0 Å². The van der Waals surface area contributed by atoms with Crippen LogP contribution in [0.5, 0.6) is 0 Å². The molecule has 7 atom stereocenters. The molecule has 0 aliphatic heterocycles. The number of ether oxygens (including phenoxy) is 2. The molecule has 0 aliphatic rings. The Bertz CT molecular complexity index is 400. The van der Waals surface area contributed by atoms with Crippen LogP contribution in [-0.2, 0) is 9.47 Å². The van der Waals surface area contributed by atoms with Crippen molar-refractivity contribution in [2.24, 2.45) is 0 Å². The molecule has 0 saturated carbocycles. The summed E-state index contributed by atoms with van der Waals surface area (Å²) in [5.41, 5.74) is 0. The van der Waals surface area contributed by atoms with Crippen molar-refractivity contribution in [3.05, 3.63) is 0 Å². The van der Waals surface area contributed by atoms with Gasteiger partial charge in [-0.15, -0.1) is 0 Å². The standard InChI is InChI=1S/C21H44O10/c1-2-7-15(31-11-6-4-9-17(25)21(29)19(27)13-23)14-30-10-5-3-8-16(24)20(28)18(26)12-22/h15-29H,2-14H2,1H3. The van der Waals surface area contributed by atoms with E-state index in [0.717, 1.165) is 12.8 Å². The van der Waals surface area contributed by atoms with Crippen molar-refractivity contribution in [3.63, 3.8) is 0 Å². The van der Waals surface area contributed by atoms with Crippen LogP contribution in [0.25, 0.3) is 0 Å². The maximum absolute atomic E-state index is 9.77. The van der Waals surface area contributed by atoms with Gasteiger partial charge in [0.15, 0.2) is 0 Å². The van der Waals surface area contributed by atoms with Crippen molar-refractivity contribution in [3.8, 4) is 0 Å². The summed E-state index contributed by atoms with van der Waals surface area (Å²) < 4.78 is 11.5. The molecule has 0 aliphatic carbocycles. The Hall–Kier alpha value is -0.400. The number of unbranched alkanes of at least 4 members (excludes halogenated alkanes) is 2. The molecule has 0 fully saturated rings. The van der Waals surface area contributed by atoms with Crippen molar-refractivity contribution in [1.29, 1.82) is 0 Å². The molecule has 0 saturated heterocycles. The van der Waals surface area contributed by atoms with Gasteiger partial charge in [-0.2, -0.15) is 0 Å². The Labute approximate surface area is 185 Å². The lowest BCUT2D eigenvalue weighted by Crippen LogP contribution is -2.39. The van der Waals surface area contributed by atoms with E-state index < -0.39 is 49.8 Å². The van der Waals surface area contributed by atoms with Crippen molar-refractivity contribution in [2.45, 2.75) is 101 Å². The lowest BCUT2D eigenvalue weighted by atomic mass is 10.0. The highest BCUT2D eigenvalue weighted by atomic mass is 16.5. The smallest absolute Gasteiger partial charge is 0.108 e. The van der Waals surface area contributed by atoms with E-state index >= 15 is 0 Å². The quantitative estimate of drug-likeness (QED) is 0.0965. The normalized spacial score (nSPS) is 18.9. The SMILES string of the molecule is CCCC(COCCCCC(O)C(O)C(O)CO)OCCCCC(O)C(O)C(O)CO. The van der Waals surface area contributed by atoms with E-state index in [1.165, 1.54) is 0 Å². The molecular weight excluding hydrogens is 412 g/mol. The number of aliphatic hydroxyl groups is 8. The van der Waals surface area contributed by atoms with E-state index in [2.05, 4.69) is 0 Å². The number of hydrogen-bond acceptors (Lipinski definition) is 10. The molecule has 7 unspecified atom stereocenters. The zero-order valence-electron chi connectivity index (χ0n) is 18.6. The number of aliphatic hydroxyl groups excluding tert-OH is 8. The van der Waals surface area contributed by atoms with Gasteiger partial charge in [0.05, 0.1) is 38.1 Å². The van der Waals surface area contributed by atoms with E-state index in [1.807, 2.05) is 6.92 Å². The fourth-order valence-electron chi connectivity index (χ4n) is 3.09. The van der Waals surface area contributed by atoms with Crippen LogP contribution in [-0.4, -0.2) is 117 Å². The highest BCUT2D eigenvalue weighted by molar-refractivity contribution is 4.75. The minimum absolute atomic E-state index is 0.0520. The Morgan fingerprint density at radius 1 is 0.613 bits per heavy atom. The molecule has 0 spiro atoms. The predicted octanol–water partition coefficient (Wildman–Crippen LogP) is -1.32. The molecular formula is C21H44O10. The van der Waals surface area contributed by atoms with Crippen LogP contribution in [0.4, 0.5) is 0 Å². The third-order valence-electron chi connectivity index (χ3n) is 5.15. The average Bonchev–Trinajstić information content (AvgIpc) is 2.78. The highest BCUT2D eigenvalue weighted by Crippen LogP contribution is 2.11. The second-order valence-electron chi connectivity index (χ2n) is 7.96. The minimum Gasteiger partial charge on any atom is -0.394 e. The molecule has 8 N–H and O–H groups in total. The van der Waals surface area contributed by atoms with Crippen LogP contribution in [0.15, 0.2) is 0 Å². The Balaban J connectivity index is 3.88. The van der Waals surface area contributed by atoms with Crippen molar-refractivity contribution >= 4 is 0 Å². The van der Waals surface area contributed by atoms with Gasteiger partial charge in [0.25, 0.3) is 0 Å². The van der Waals surface area contributed by atoms with Gasteiger partial charge in [-0.05, 0) is 44.9 Å². The Kier molecular flexibility index (Phi) is 18.9. The summed E-state index contributed by atoms with van der Waals surface area (Å²) in [5.74, 6) is 0. The lowest BCUT2D eigenvalue weighted by molar-refractivity contribution is -0.0799. The van der Waals surface area contributed by atoms with Gasteiger partial charge >= 0.3 is 0 Å².